The van der Waals surface area contributed by atoms with Crippen LogP contribution < -0.4 is 10.6 Å². The number of hydrogen-bond donors (Lipinski definition) is 2. The van der Waals surface area contributed by atoms with Gasteiger partial charge in [0, 0.05) is 12.2 Å². The van der Waals surface area contributed by atoms with Gasteiger partial charge in [0.05, 0.1) is 22.4 Å². The van der Waals surface area contributed by atoms with Crippen molar-refractivity contribution in [3.05, 3.63) is 52.4 Å². The summed E-state index contributed by atoms with van der Waals surface area (Å²) in [6, 6.07) is 8.57. The van der Waals surface area contributed by atoms with Gasteiger partial charge in [0.1, 0.15) is 5.76 Å². The Hall–Kier alpha value is -1.69. The topological polar surface area (TPSA) is 57.5 Å². The lowest BCUT2D eigenvalue weighted by Gasteiger charge is -2.33. The van der Waals surface area contributed by atoms with Crippen LogP contribution in [0.1, 0.15) is 31.1 Å². The summed E-state index contributed by atoms with van der Waals surface area (Å²) < 4.78 is 5.58. The number of hydrogen-bond acceptors (Lipinski definition) is 3. The van der Waals surface area contributed by atoms with Crippen molar-refractivity contribution in [3.63, 3.8) is 0 Å². The Morgan fingerprint density at radius 1 is 1.16 bits per heavy atom. The zero-order valence-corrected chi connectivity index (χ0v) is 15.3. The molecule has 1 fully saturated rings. The summed E-state index contributed by atoms with van der Waals surface area (Å²) in [7, 11) is 0. The fourth-order valence-electron chi connectivity index (χ4n) is 3.06. The third kappa shape index (κ3) is 4.91. The molecule has 3 rings (SSSR count). The third-order valence-corrected chi connectivity index (χ3v) is 5.08. The monoisotopic (exact) mass is 381 g/mol. The van der Waals surface area contributed by atoms with Crippen molar-refractivity contribution in [1.29, 1.82) is 0 Å². The minimum atomic E-state index is -0.285. The van der Waals surface area contributed by atoms with Gasteiger partial charge < -0.3 is 15.1 Å². The van der Waals surface area contributed by atoms with Crippen molar-refractivity contribution in [2.75, 3.05) is 25.0 Å². The van der Waals surface area contributed by atoms with Crippen LogP contribution in [-0.2, 0) is 0 Å². The molecule has 2 aromatic rings. The number of benzene rings is 1. The highest BCUT2D eigenvalue weighted by Gasteiger charge is 2.24. The van der Waals surface area contributed by atoms with E-state index in [9.17, 15) is 4.79 Å². The molecule has 0 saturated carbocycles. The van der Waals surface area contributed by atoms with Crippen LogP contribution in [0.25, 0.3) is 0 Å². The summed E-state index contributed by atoms with van der Waals surface area (Å²) in [6.45, 7) is 2.50. The molecule has 25 heavy (non-hydrogen) atoms. The summed E-state index contributed by atoms with van der Waals surface area (Å²) in [6.07, 6.45) is 5.27. The molecule has 0 unspecified atom stereocenters. The highest BCUT2D eigenvalue weighted by Crippen LogP contribution is 2.26. The fraction of sp³-hybridized carbons (Fsp3) is 0.389. The number of nitrogens with one attached hydrogen (secondary N) is 2. The number of halogens is 2. The number of furan rings is 1. The standard InChI is InChI=1S/C18H21Cl2N3O2/c19-14-7-6-13(11-15(14)20)22-18(24)21-12-16(17-5-4-10-25-17)23-8-2-1-3-9-23/h4-7,10-11,16H,1-3,8-9,12H2,(H2,21,22,24)/t16-/m0/s1. The van der Waals surface area contributed by atoms with Crippen molar-refractivity contribution in [1.82, 2.24) is 10.2 Å². The van der Waals surface area contributed by atoms with Gasteiger partial charge in [0.2, 0.25) is 0 Å². The molecule has 1 aromatic carbocycles. The van der Waals surface area contributed by atoms with E-state index in [1.807, 2.05) is 12.1 Å². The molecule has 1 atom stereocenters. The first-order valence-electron chi connectivity index (χ1n) is 8.41. The third-order valence-electron chi connectivity index (χ3n) is 4.34. The molecule has 1 aliphatic rings. The SMILES string of the molecule is O=C(NC[C@@H](c1ccco1)N1CCCCC1)Nc1ccc(Cl)c(Cl)c1. The number of amides is 2. The molecule has 1 aliphatic heterocycles. The number of anilines is 1. The van der Waals surface area contributed by atoms with E-state index >= 15 is 0 Å². The van der Waals surface area contributed by atoms with Gasteiger partial charge in [-0.15, -0.1) is 0 Å². The van der Waals surface area contributed by atoms with Crippen LogP contribution in [0.3, 0.4) is 0 Å². The average Bonchev–Trinajstić information content (AvgIpc) is 3.14. The first-order valence-corrected chi connectivity index (χ1v) is 9.16. The molecule has 134 valence electrons. The predicted molar refractivity (Wildman–Crippen MR) is 100 cm³/mol. The lowest BCUT2D eigenvalue weighted by molar-refractivity contribution is 0.144. The summed E-state index contributed by atoms with van der Waals surface area (Å²) in [5.74, 6) is 0.872. The second-order valence-corrected chi connectivity index (χ2v) is 6.91. The van der Waals surface area contributed by atoms with Crippen molar-refractivity contribution in [2.24, 2.45) is 0 Å². The second kappa shape index (κ2) is 8.61. The highest BCUT2D eigenvalue weighted by atomic mass is 35.5. The smallest absolute Gasteiger partial charge is 0.319 e. The van der Waals surface area contributed by atoms with Crippen molar-refractivity contribution in [3.8, 4) is 0 Å². The minimum absolute atomic E-state index is 0.0369. The zero-order valence-electron chi connectivity index (χ0n) is 13.8. The molecule has 1 saturated heterocycles. The molecule has 0 radical (unpaired) electrons. The molecule has 2 heterocycles. The normalized spacial score (nSPS) is 16.4. The maximum Gasteiger partial charge on any atom is 0.319 e. The quantitative estimate of drug-likeness (QED) is 0.771. The van der Waals surface area contributed by atoms with E-state index < -0.39 is 0 Å². The largest absolute Gasteiger partial charge is 0.468 e. The Morgan fingerprint density at radius 2 is 1.96 bits per heavy atom. The van der Waals surface area contributed by atoms with Crippen LogP contribution in [-0.4, -0.2) is 30.6 Å². The van der Waals surface area contributed by atoms with E-state index in [1.54, 1.807) is 24.5 Å². The predicted octanol–water partition coefficient (Wildman–Crippen LogP) is 4.94. The molecule has 5 nitrogen and oxygen atoms in total. The Bertz CT molecular complexity index is 700. The number of likely N-dealkylation sites (tertiary alicyclic amines) is 1. The van der Waals surface area contributed by atoms with Gasteiger partial charge in [0.15, 0.2) is 0 Å². The lowest BCUT2D eigenvalue weighted by atomic mass is 10.1. The van der Waals surface area contributed by atoms with Crippen LogP contribution in [0.4, 0.5) is 10.5 Å². The van der Waals surface area contributed by atoms with Crippen molar-refractivity contribution in [2.45, 2.75) is 25.3 Å². The summed E-state index contributed by atoms with van der Waals surface area (Å²) in [4.78, 5) is 14.6. The number of rotatable bonds is 5. The summed E-state index contributed by atoms with van der Waals surface area (Å²) >= 11 is 11.9. The molecule has 0 spiro atoms. The minimum Gasteiger partial charge on any atom is -0.468 e. The maximum absolute atomic E-state index is 12.2. The number of carbonyl (C=O) groups is 1. The molecule has 0 aliphatic carbocycles. The summed E-state index contributed by atoms with van der Waals surface area (Å²) in [5, 5.41) is 6.55. The molecule has 7 heteroatoms. The number of nitrogens with zero attached hydrogens (tertiary/aromatic N) is 1. The number of urea groups is 1. The zero-order chi connectivity index (χ0) is 17.6. The first-order chi connectivity index (χ1) is 12.1. The second-order valence-electron chi connectivity index (χ2n) is 6.09. The summed E-state index contributed by atoms with van der Waals surface area (Å²) in [5.41, 5.74) is 0.597. The van der Waals surface area contributed by atoms with E-state index in [4.69, 9.17) is 27.6 Å². The fourth-order valence-corrected chi connectivity index (χ4v) is 3.36. The number of carbonyl (C=O) groups excluding carboxylic acids is 1. The van der Waals surface area contributed by atoms with Gasteiger partial charge in [-0.3, -0.25) is 4.90 Å². The van der Waals surface area contributed by atoms with E-state index in [0.717, 1.165) is 18.8 Å². The Kier molecular flexibility index (Phi) is 6.24. The van der Waals surface area contributed by atoms with Crippen LogP contribution in [0.2, 0.25) is 10.0 Å². The highest BCUT2D eigenvalue weighted by molar-refractivity contribution is 6.42. The van der Waals surface area contributed by atoms with Crippen molar-refractivity contribution >= 4 is 34.9 Å². The van der Waals surface area contributed by atoms with E-state index in [-0.39, 0.29) is 12.1 Å². The van der Waals surface area contributed by atoms with E-state index in [1.165, 1.54) is 19.3 Å². The number of piperidine rings is 1. The Balaban J connectivity index is 1.60. The van der Waals surface area contributed by atoms with Crippen LogP contribution in [0.5, 0.6) is 0 Å². The van der Waals surface area contributed by atoms with Gasteiger partial charge in [0.25, 0.3) is 0 Å². The molecule has 2 amide bonds. The molecule has 0 bridgehead atoms. The van der Waals surface area contributed by atoms with E-state index in [2.05, 4.69) is 15.5 Å². The van der Waals surface area contributed by atoms with Crippen LogP contribution in [0.15, 0.2) is 41.0 Å². The van der Waals surface area contributed by atoms with Crippen molar-refractivity contribution < 1.29 is 9.21 Å². The Labute approximate surface area is 157 Å². The average molecular weight is 382 g/mol. The first kappa shape index (κ1) is 18.1. The van der Waals surface area contributed by atoms with Gasteiger partial charge in [-0.2, -0.15) is 0 Å². The molecule has 1 aromatic heterocycles. The van der Waals surface area contributed by atoms with Gasteiger partial charge in [-0.05, 0) is 56.3 Å². The van der Waals surface area contributed by atoms with Gasteiger partial charge in [-0.25, -0.2) is 4.79 Å². The van der Waals surface area contributed by atoms with Crippen LogP contribution in [0, 0.1) is 0 Å². The van der Waals surface area contributed by atoms with Gasteiger partial charge in [-0.1, -0.05) is 29.6 Å². The molecule has 2 N–H and O–H groups in total. The molecular weight excluding hydrogens is 361 g/mol. The Morgan fingerprint density at radius 3 is 2.64 bits per heavy atom. The lowest BCUT2D eigenvalue weighted by Crippen LogP contribution is -2.41. The molecular formula is C18H21Cl2N3O2. The maximum atomic E-state index is 12.2. The van der Waals surface area contributed by atoms with Crippen LogP contribution >= 0.6 is 23.2 Å². The van der Waals surface area contributed by atoms with Gasteiger partial charge >= 0.3 is 6.03 Å². The van der Waals surface area contributed by atoms with E-state index in [0.29, 0.717) is 22.3 Å².